The standard InChI is InChI=1S/C17H19N3OS2/c1-4-6-20-11(2)8-13(12(20)3)15(21)9-23-17-16-14(5-7-22-16)18-10-19-17/h5,7-8,10H,4,6,9H2,1-3H3. The van der Waals surface area contributed by atoms with E-state index in [-0.39, 0.29) is 5.78 Å². The van der Waals surface area contributed by atoms with Gasteiger partial charge in [-0.2, -0.15) is 0 Å². The number of fused-ring (bicyclic) bond motifs is 1. The molecule has 0 radical (unpaired) electrons. The van der Waals surface area contributed by atoms with E-state index in [2.05, 4.69) is 28.4 Å². The van der Waals surface area contributed by atoms with Gasteiger partial charge in [-0.15, -0.1) is 11.3 Å². The molecule has 3 rings (SSSR count). The number of thiophene rings is 1. The Morgan fingerprint density at radius 3 is 2.96 bits per heavy atom. The molecule has 0 unspecified atom stereocenters. The summed E-state index contributed by atoms with van der Waals surface area (Å²) in [6, 6.07) is 3.99. The maximum atomic E-state index is 12.6. The molecule has 0 aliphatic heterocycles. The van der Waals surface area contributed by atoms with E-state index in [9.17, 15) is 4.79 Å². The van der Waals surface area contributed by atoms with E-state index in [0.29, 0.717) is 5.75 Å². The third-order valence-electron chi connectivity index (χ3n) is 3.87. The molecule has 4 nitrogen and oxygen atoms in total. The molecule has 6 heteroatoms. The molecule has 3 aromatic rings. The van der Waals surface area contributed by atoms with Gasteiger partial charge in [0.15, 0.2) is 5.78 Å². The number of Topliss-reactive ketones (excluding diaryl/α,β-unsaturated/α-hetero) is 1. The lowest BCUT2D eigenvalue weighted by Crippen LogP contribution is -2.06. The number of aryl methyl sites for hydroxylation is 1. The molecule has 0 bridgehead atoms. The predicted octanol–water partition coefficient (Wildman–Crippen LogP) is 4.49. The molecule has 0 atom stereocenters. The molecule has 0 saturated carbocycles. The van der Waals surface area contributed by atoms with Gasteiger partial charge in [-0.05, 0) is 37.8 Å². The van der Waals surface area contributed by atoms with E-state index < -0.39 is 0 Å². The molecule has 120 valence electrons. The van der Waals surface area contributed by atoms with Gasteiger partial charge in [-0.25, -0.2) is 9.97 Å². The number of rotatable bonds is 6. The van der Waals surface area contributed by atoms with Crippen LogP contribution in [0.25, 0.3) is 10.2 Å². The molecule has 0 aliphatic rings. The Kier molecular flexibility index (Phi) is 4.82. The summed E-state index contributed by atoms with van der Waals surface area (Å²) in [7, 11) is 0. The number of thioether (sulfide) groups is 1. The molecule has 0 N–H and O–H groups in total. The van der Waals surface area contributed by atoms with Crippen molar-refractivity contribution >= 4 is 39.1 Å². The van der Waals surface area contributed by atoms with Crippen molar-refractivity contribution < 1.29 is 4.79 Å². The third kappa shape index (κ3) is 3.19. The van der Waals surface area contributed by atoms with Gasteiger partial charge >= 0.3 is 0 Å². The zero-order valence-corrected chi connectivity index (χ0v) is 15.1. The van der Waals surface area contributed by atoms with Crippen LogP contribution in [0.5, 0.6) is 0 Å². The highest BCUT2D eigenvalue weighted by Gasteiger charge is 2.16. The van der Waals surface area contributed by atoms with E-state index in [1.807, 2.05) is 24.4 Å². The first-order chi connectivity index (χ1) is 11.1. The largest absolute Gasteiger partial charge is 0.348 e. The van der Waals surface area contributed by atoms with Gasteiger partial charge in [-0.1, -0.05) is 18.7 Å². The fourth-order valence-corrected chi connectivity index (χ4v) is 4.56. The molecule has 0 aliphatic carbocycles. The molecule has 0 spiro atoms. The summed E-state index contributed by atoms with van der Waals surface area (Å²) in [4.78, 5) is 21.2. The molecule has 0 fully saturated rings. The van der Waals surface area contributed by atoms with Gasteiger partial charge < -0.3 is 4.57 Å². The van der Waals surface area contributed by atoms with Crippen LogP contribution in [0.3, 0.4) is 0 Å². The average molecular weight is 345 g/mol. The summed E-state index contributed by atoms with van der Waals surface area (Å²) in [5.41, 5.74) is 4.00. The Labute approximate surface area is 144 Å². The van der Waals surface area contributed by atoms with Gasteiger partial charge in [0.05, 0.1) is 16.0 Å². The Morgan fingerprint density at radius 1 is 1.35 bits per heavy atom. The summed E-state index contributed by atoms with van der Waals surface area (Å²) in [5, 5.41) is 2.89. The van der Waals surface area contributed by atoms with Crippen molar-refractivity contribution in [2.75, 3.05) is 5.75 Å². The van der Waals surface area contributed by atoms with Gasteiger partial charge in [0.2, 0.25) is 0 Å². The number of hydrogen-bond acceptors (Lipinski definition) is 5. The highest BCUT2D eigenvalue weighted by molar-refractivity contribution is 8.00. The Bertz CT molecular complexity index is 851. The van der Waals surface area contributed by atoms with Crippen LogP contribution < -0.4 is 0 Å². The van der Waals surface area contributed by atoms with Gasteiger partial charge in [0.1, 0.15) is 11.4 Å². The Balaban J connectivity index is 1.77. The van der Waals surface area contributed by atoms with Crippen LogP contribution in [-0.4, -0.2) is 26.1 Å². The number of carbonyl (C=O) groups excluding carboxylic acids is 1. The zero-order chi connectivity index (χ0) is 16.4. The number of ketones is 1. The molecule has 23 heavy (non-hydrogen) atoms. The highest BCUT2D eigenvalue weighted by atomic mass is 32.2. The molecule has 0 saturated heterocycles. The average Bonchev–Trinajstić information content (AvgIpc) is 3.13. The van der Waals surface area contributed by atoms with Crippen molar-refractivity contribution in [3.63, 3.8) is 0 Å². The summed E-state index contributed by atoms with van der Waals surface area (Å²) in [6.45, 7) is 7.20. The molecule has 0 amide bonds. The van der Waals surface area contributed by atoms with Crippen molar-refractivity contribution in [1.29, 1.82) is 0 Å². The second-order valence-corrected chi connectivity index (χ2v) is 7.34. The number of nitrogens with zero attached hydrogens (tertiary/aromatic N) is 3. The van der Waals surface area contributed by atoms with E-state index in [1.165, 1.54) is 11.8 Å². The quantitative estimate of drug-likeness (QED) is 0.375. The third-order valence-corrected chi connectivity index (χ3v) is 5.90. The van der Waals surface area contributed by atoms with Crippen molar-refractivity contribution in [3.05, 3.63) is 40.8 Å². The fourth-order valence-electron chi connectivity index (χ4n) is 2.73. The number of hydrogen-bond donors (Lipinski definition) is 0. The van der Waals surface area contributed by atoms with Crippen LogP contribution in [0.15, 0.2) is 28.9 Å². The van der Waals surface area contributed by atoms with Crippen molar-refractivity contribution in [2.24, 2.45) is 0 Å². The lowest BCUT2D eigenvalue weighted by molar-refractivity contribution is 0.102. The highest BCUT2D eigenvalue weighted by Crippen LogP contribution is 2.29. The second-order valence-electron chi connectivity index (χ2n) is 5.46. The van der Waals surface area contributed by atoms with E-state index in [0.717, 1.165) is 45.2 Å². The summed E-state index contributed by atoms with van der Waals surface area (Å²) < 4.78 is 3.28. The molecular formula is C17H19N3OS2. The first kappa shape index (κ1) is 16.2. The SMILES string of the molecule is CCCn1c(C)cc(C(=O)CSc2ncnc3ccsc23)c1C. The van der Waals surface area contributed by atoms with Crippen molar-refractivity contribution in [2.45, 2.75) is 38.8 Å². The molecular weight excluding hydrogens is 326 g/mol. The summed E-state index contributed by atoms with van der Waals surface area (Å²) >= 11 is 3.11. The van der Waals surface area contributed by atoms with E-state index in [1.54, 1.807) is 17.7 Å². The second kappa shape index (κ2) is 6.84. The smallest absolute Gasteiger partial charge is 0.174 e. The molecule has 0 aromatic carbocycles. The fraction of sp³-hybridized carbons (Fsp3) is 0.353. The van der Waals surface area contributed by atoms with Crippen LogP contribution in [0.4, 0.5) is 0 Å². The normalized spacial score (nSPS) is 11.3. The van der Waals surface area contributed by atoms with E-state index in [4.69, 9.17) is 0 Å². The number of aromatic nitrogens is 3. The maximum absolute atomic E-state index is 12.6. The van der Waals surface area contributed by atoms with Gasteiger partial charge in [-0.3, -0.25) is 4.79 Å². The van der Waals surface area contributed by atoms with Crippen LogP contribution in [0.2, 0.25) is 0 Å². The monoisotopic (exact) mass is 345 g/mol. The van der Waals surface area contributed by atoms with E-state index >= 15 is 0 Å². The maximum Gasteiger partial charge on any atom is 0.174 e. The number of carbonyl (C=O) groups is 1. The summed E-state index contributed by atoms with van der Waals surface area (Å²) in [6.07, 6.45) is 2.63. The topological polar surface area (TPSA) is 47.8 Å². The van der Waals surface area contributed by atoms with Gasteiger partial charge in [0, 0.05) is 23.5 Å². The van der Waals surface area contributed by atoms with Crippen molar-refractivity contribution in [1.82, 2.24) is 14.5 Å². The Morgan fingerprint density at radius 2 is 2.17 bits per heavy atom. The minimum absolute atomic E-state index is 0.161. The Hall–Kier alpha value is -1.66. The van der Waals surface area contributed by atoms with Crippen LogP contribution in [-0.2, 0) is 6.54 Å². The lowest BCUT2D eigenvalue weighted by atomic mass is 10.2. The van der Waals surface area contributed by atoms with Crippen LogP contribution in [0.1, 0.15) is 35.1 Å². The van der Waals surface area contributed by atoms with Crippen LogP contribution in [0, 0.1) is 13.8 Å². The zero-order valence-electron chi connectivity index (χ0n) is 13.5. The molecule has 3 aromatic heterocycles. The minimum Gasteiger partial charge on any atom is -0.348 e. The van der Waals surface area contributed by atoms with Crippen molar-refractivity contribution in [3.8, 4) is 0 Å². The first-order valence-electron chi connectivity index (χ1n) is 7.62. The minimum atomic E-state index is 0.161. The lowest BCUT2D eigenvalue weighted by Gasteiger charge is -2.07. The first-order valence-corrected chi connectivity index (χ1v) is 9.49. The van der Waals surface area contributed by atoms with Gasteiger partial charge in [0.25, 0.3) is 0 Å². The molecule has 3 heterocycles. The summed E-state index contributed by atoms with van der Waals surface area (Å²) in [5.74, 6) is 0.564. The van der Waals surface area contributed by atoms with Crippen LogP contribution >= 0.6 is 23.1 Å². The predicted molar refractivity (Wildman–Crippen MR) is 96.7 cm³/mol.